The zero-order valence-corrected chi connectivity index (χ0v) is 13.0. The van der Waals surface area contributed by atoms with E-state index in [1.54, 1.807) is 0 Å². The summed E-state index contributed by atoms with van der Waals surface area (Å²) in [6.07, 6.45) is 0.165. The van der Waals surface area contributed by atoms with Crippen LogP contribution in [-0.2, 0) is 14.2 Å². The molecule has 3 heterocycles. The van der Waals surface area contributed by atoms with Gasteiger partial charge in [0.05, 0.1) is 6.10 Å². The lowest BCUT2D eigenvalue weighted by molar-refractivity contribution is -0.187. The van der Waals surface area contributed by atoms with E-state index < -0.39 is 5.79 Å². The van der Waals surface area contributed by atoms with Crippen molar-refractivity contribution in [3.05, 3.63) is 41.5 Å². The minimum atomic E-state index is -0.500. The summed E-state index contributed by atoms with van der Waals surface area (Å²) in [6, 6.07) is 10.6. The normalized spacial score (nSPS) is 40.5. The van der Waals surface area contributed by atoms with Crippen LogP contribution in [0.1, 0.15) is 33.3 Å². The lowest BCUT2D eigenvalue weighted by Crippen LogP contribution is -2.36. The molecular weight excluding hydrogens is 264 g/mol. The van der Waals surface area contributed by atoms with Crippen LogP contribution in [0.2, 0.25) is 0 Å². The first-order valence-corrected chi connectivity index (χ1v) is 7.75. The van der Waals surface area contributed by atoms with E-state index in [4.69, 9.17) is 14.2 Å². The van der Waals surface area contributed by atoms with Gasteiger partial charge in [-0.05, 0) is 37.5 Å². The summed E-state index contributed by atoms with van der Waals surface area (Å²) in [5, 5.41) is 0. The Morgan fingerprint density at radius 1 is 0.952 bits per heavy atom. The summed E-state index contributed by atoms with van der Waals surface area (Å²) < 4.78 is 18.4. The Kier molecular flexibility index (Phi) is 2.84. The summed E-state index contributed by atoms with van der Waals surface area (Å²) >= 11 is 0. The molecule has 3 nitrogen and oxygen atoms in total. The molecule has 0 radical (unpaired) electrons. The zero-order valence-electron chi connectivity index (χ0n) is 13.0. The molecule has 0 N–H and O–H groups in total. The third kappa shape index (κ3) is 1.91. The largest absolute Gasteiger partial charge is 0.364 e. The summed E-state index contributed by atoms with van der Waals surface area (Å²) in [6.45, 7) is 8.40. The van der Waals surface area contributed by atoms with Gasteiger partial charge in [-0.15, -0.1) is 0 Å². The minimum Gasteiger partial charge on any atom is -0.364 e. The average molecular weight is 286 g/mol. The highest BCUT2D eigenvalue weighted by molar-refractivity contribution is 5.72. The van der Waals surface area contributed by atoms with E-state index in [2.05, 4.69) is 44.2 Å². The van der Waals surface area contributed by atoms with Gasteiger partial charge in [0, 0.05) is 5.92 Å². The van der Waals surface area contributed by atoms with E-state index in [1.165, 1.54) is 16.7 Å². The first-order valence-electron chi connectivity index (χ1n) is 7.75. The summed E-state index contributed by atoms with van der Waals surface area (Å²) in [5.41, 5.74) is 3.98. The minimum absolute atomic E-state index is 0.0215. The van der Waals surface area contributed by atoms with Gasteiger partial charge in [-0.25, -0.2) is 0 Å². The second-order valence-corrected chi connectivity index (χ2v) is 6.84. The maximum absolute atomic E-state index is 6.23. The highest BCUT2D eigenvalue weighted by atomic mass is 16.8. The maximum atomic E-state index is 6.23. The van der Waals surface area contributed by atoms with E-state index in [0.29, 0.717) is 5.92 Å². The van der Waals surface area contributed by atoms with Gasteiger partial charge in [-0.1, -0.05) is 37.3 Å². The molecule has 112 valence electrons. The van der Waals surface area contributed by atoms with Crippen LogP contribution in [0.25, 0.3) is 5.57 Å². The van der Waals surface area contributed by atoms with Gasteiger partial charge < -0.3 is 14.2 Å². The lowest BCUT2D eigenvalue weighted by Gasteiger charge is -2.34. The number of rotatable bonds is 1. The predicted molar refractivity (Wildman–Crippen MR) is 80.7 cm³/mol. The van der Waals surface area contributed by atoms with Crippen molar-refractivity contribution in [2.45, 2.75) is 57.9 Å². The Morgan fingerprint density at radius 2 is 1.62 bits per heavy atom. The first kappa shape index (κ1) is 13.5. The monoisotopic (exact) mass is 286 g/mol. The standard InChI is InChI=1S/C18H22O3/c1-10-13(12-8-6-5-7-9-12)11(2)15-17-16(14(10)19-15)20-18(3,4)21-17/h5-10,14-17H,1-4H3/t10?,14-,15+,16-,17+/m0/s1. The number of hydrogen-bond acceptors (Lipinski definition) is 3. The molecule has 1 aromatic rings. The fourth-order valence-corrected chi connectivity index (χ4v) is 4.17. The highest BCUT2D eigenvalue weighted by Gasteiger charge is 2.59. The van der Waals surface area contributed by atoms with Gasteiger partial charge in [0.25, 0.3) is 0 Å². The average Bonchev–Trinajstić information content (AvgIpc) is 2.90. The van der Waals surface area contributed by atoms with Crippen LogP contribution in [0.15, 0.2) is 35.9 Å². The van der Waals surface area contributed by atoms with Crippen molar-refractivity contribution < 1.29 is 14.2 Å². The molecule has 5 atom stereocenters. The Balaban J connectivity index is 1.77. The molecule has 3 aliphatic heterocycles. The lowest BCUT2D eigenvalue weighted by atomic mass is 9.85. The van der Waals surface area contributed by atoms with Crippen molar-refractivity contribution >= 4 is 5.57 Å². The molecule has 21 heavy (non-hydrogen) atoms. The van der Waals surface area contributed by atoms with E-state index in [-0.39, 0.29) is 24.4 Å². The summed E-state index contributed by atoms with van der Waals surface area (Å²) in [4.78, 5) is 0. The molecule has 2 fully saturated rings. The SMILES string of the molecule is CC1=C(c2ccccc2)C(C)[C@@H]2O[C@H]1[C@H]1OC(C)(C)O[C@H]12. The number of fused-ring (bicyclic) bond motifs is 5. The van der Waals surface area contributed by atoms with Crippen LogP contribution in [0, 0.1) is 5.92 Å². The maximum Gasteiger partial charge on any atom is 0.164 e. The van der Waals surface area contributed by atoms with Crippen molar-refractivity contribution in [3.63, 3.8) is 0 Å². The number of hydrogen-bond donors (Lipinski definition) is 0. The Labute approximate surface area is 125 Å². The third-order valence-corrected chi connectivity index (χ3v) is 4.97. The molecule has 1 unspecified atom stereocenters. The third-order valence-electron chi connectivity index (χ3n) is 4.97. The van der Waals surface area contributed by atoms with Crippen LogP contribution in [0.5, 0.6) is 0 Å². The quantitative estimate of drug-likeness (QED) is 0.792. The molecule has 1 aromatic carbocycles. The highest BCUT2D eigenvalue weighted by Crippen LogP contribution is 2.50. The molecular formula is C18H22O3. The van der Waals surface area contributed by atoms with Crippen molar-refractivity contribution in [1.29, 1.82) is 0 Å². The predicted octanol–water partition coefficient (Wildman–Crippen LogP) is 3.40. The first-order chi connectivity index (χ1) is 9.98. The number of ether oxygens (including phenoxy) is 3. The van der Waals surface area contributed by atoms with Gasteiger partial charge in [0.1, 0.15) is 18.3 Å². The molecule has 0 aromatic heterocycles. The second kappa shape index (κ2) is 4.42. The van der Waals surface area contributed by atoms with Crippen molar-refractivity contribution in [3.8, 4) is 0 Å². The van der Waals surface area contributed by atoms with Gasteiger partial charge in [0.15, 0.2) is 5.79 Å². The van der Waals surface area contributed by atoms with Crippen LogP contribution < -0.4 is 0 Å². The van der Waals surface area contributed by atoms with E-state index in [9.17, 15) is 0 Å². The molecule has 3 heteroatoms. The van der Waals surface area contributed by atoms with Gasteiger partial charge in [-0.2, -0.15) is 0 Å². The Hall–Kier alpha value is -1.16. The molecule has 2 saturated heterocycles. The molecule has 2 bridgehead atoms. The molecule has 4 rings (SSSR count). The van der Waals surface area contributed by atoms with Crippen molar-refractivity contribution in [2.75, 3.05) is 0 Å². The van der Waals surface area contributed by atoms with Gasteiger partial charge in [0.2, 0.25) is 0 Å². The molecule has 0 saturated carbocycles. The van der Waals surface area contributed by atoms with E-state index in [1.807, 2.05) is 13.8 Å². The van der Waals surface area contributed by atoms with E-state index >= 15 is 0 Å². The molecule has 3 aliphatic rings. The Morgan fingerprint density at radius 3 is 2.33 bits per heavy atom. The van der Waals surface area contributed by atoms with Crippen molar-refractivity contribution in [1.82, 2.24) is 0 Å². The van der Waals surface area contributed by atoms with Gasteiger partial charge >= 0.3 is 0 Å². The summed E-state index contributed by atoms with van der Waals surface area (Å²) in [7, 11) is 0. The Bertz CT molecular complexity index is 590. The van der Waals surface area contributed by atoms with Crippen LogP contribution in [0.4, 0.5) is 0 Å². The molecule has 0 spiro atoms. The fraction of sp³-hybridized carbons (Fsp3) is 0.556. The number of benzene rings is 1. The topological polar surface area (TPSA) is 27.7 Å². The summed E-state index contributed by atoms with van der Waals surface area (Å²) in [5.74, 6) is -0.184. The zero-order chi connectivity index (χ0) is 14.8. The van der Waals surface area contributed by atoms with Crippen LogP contribution in [-0.4, -0.2) is 30.2 Å². The molecule has 0 aliphatic carbocycles. The van der Waals surface area contributed by atoms with Gasteiger partial charge in [-0.3, -0.25) is 0 Å². The van der Waals surface area contributed by atoms with Crippen molar-refractivity contribution in [2.24, 2.45) is 5.92 Å². The smallest absolute Gasteiger partial charge is 0.164 e. The van der Waals surface area contributed by atoms with Crippen LogP contribution >= 0.6 is 0 Å². The fourth-order valence-electron chi connectivity index (χ4n) is 4.17. The van der Waals surface area contributed by atoms with Crippen LogP contribution in [0.3, 0.4) is 0 Å². The van der Waals surface area contributed by atoms with E-state index in [0.717, 1.165) is 0 Å². The molecule has 0 amide bonds. The second-order valence-electron chi connectivity index (χ2n) is 6.84.